The zero-order valence-electron chi connectivity index (χ0n) is 20.5. The Balaban J connectivity index is 1.63. The smallest absolute Gasteiger partial charge is 0.387 e. The maximum Gasteiger partial charge on any atom is 0.387 e. The van der Waals surface area contributed by atoms with E-state index in [-0.39, 0.29) is 17.1 Å². The van der Waals surface area contributed by atoms with Gasteiger partial charge in [-0.1, -0.05) is 0 Å². The van der Waals surface area contributed by atoms with Gasteiger partial charge in [0.25, 0.3) is 0 Å². The van der Waals surface area contributed by atoms with E-state index < -0.39 is 12.7 Å². The fraction of sp³-hybridized carbons (Fsp3) is 0.200. The molecule has 5 rings (SSSR count). The molecule has 11 nitrogen and oxygen atoms in total. The second kappa shape index (κ2) is 9.83. The molecule has 0 amide bonds. The number of nitrogens with zero attached hydrogens (tertiary/aromatic N) is 8. The van der Waals surface area contributed by atoms with Crippen LogP contribution >= 0.6 is 0 Å². The van der Waals surface area contributed by atoms with Crippen molar-refractivity contribution in [2.75, 3.05) is 5.32 Å². The van der Waals surface area contributed by atoms with Crippen molar-refractivity contribution in [3.05, 3.63) is 71.4 Å². The minimum atomic E-state index is -3.07. The molecule has 4 heterocycles. The Morgan fingerprint density at radius 2 is 1.92 bits per heavy atom. The van der Waals surface area contributed by atoms with Crippen molar-refractivity contribution in [3.8, 4) is 23.5 Å². The molecule has 0 bridgehead atoms. The number of aryl methyl sites for hydroxylation is 2. The van der Waals surface area contributed by atoms with Crippen molar-refractivity contribution in [2.24, 2.45) is 0 Å². The number of aliphatic hydroxyl groups is 1. The summed E-state index contributed by atoms with van der Waals surface area (Å²) in [5.74, 6) is 0.922. The van der Waals surface area contributed by atoms with Crippen molar-refractivity contribution >= 4 is 22.5 Å². The molecule has 0 aliphatic carbocycles. The number of aliphatic hydroxyl groups excluding tert-OH is 1. The van der Waals surface area contributed by atoms with Gasteiger partial charge in [0, 0.05) is 17.3 Å². The number of pyridine rings is 1. The normalized spacial score (nSPS) is 12.1. The molecule has 2 N–H and O–H groups in total. The molecule has 0 spiro atoms. The van der Waals surface area contributed by atoms with Gasteiger partial charge in [-0.25, -0.2) is 14.6 Å². The molecule has 0 saturated heterocycles. The number of hydrogen-bond donors (Lipinski definition) is 2. The first kappa shape index (κ1) is 24.7. The average molecular weight is 518 g/mol. The van der Waals surface area contributed by atoms with Gasteiger partial charge >= 0.3 is 6.61 Å². The van der Waals surface area contributed by atoms with Crippen LogP contribution in [0.15, 0.2) is 48.8 Å². The second-order valence-electron chi connectivity index (χ2n) is 8.47. The minimum Gasteiger partial charge on any atom is -0.433 e. The monoisotopic (exact) mass is 517 g/mol. The molecule has 0 radical (unpaired) electrons. The molecule has 0 aliphatic heterocycles. The standard InChI is InChI=1S/C25H21F2N9O2/c1-13-4-6-22(33-32-13)30-19-9-18-20(10-21(19)38-25(26)27)35(12-29-18)23-7-5-17(15(3)37)24(31-23)36-14(2)8-16(11-28)34-36/h4-10,12,15,25,37H,1-3H3,(H,30,33)/t15-/m1/s1. The van der Waals surface area contributed by atoms with E-state index >= 15 is 0 Å². The number of halogens is 2. The van der Waals surface area contributed by atoms with Crippen molar-refractivity contribution in [2.45, 2.75) is 33.5 Å². The van der Waals surface area contributed by atoms with Crippen molar-refractivity contribution in [1.82, 2.24) is 34.5 Å². The molecule has 1 aromatic carbocycles. The molecule has 13 heteroatoms. The highest BCUT2D eigenvalue weighted by Crippen LogP contribution is 2.34. The third-order valence-corrected chi connectivity index (χ3v) is 5.72. The van der Waals surface area contributed by atoms with Gasteiger partial charge in [-0.2, -0.15) is 24.2 Å². The Hall–Kier alpha value is -4.96. The number of nitrogens with one attached hydrogen (secondary N) is 1. The average Bonchev–Trinajstić information content (AvgIpc) is 3.47. The number of nitriles is 1. The van der Waals surface area contributed by atoms with Crippen LogP contribution < -0.4 is 10.1 Å². The fourth-order valence-corrected chi connectivity index (χ4v) is 3.94. The van der Waals surface area contributed by atoms with Gasteiger partial charge < -0.3 is 15.2 Å². The van der Waals surface area contributed by atoms with Crippen LogP contribution in [0, 0.1) is 25.2 Å². The van der Waals surface area contributed by atoms with Crippen LogP contribution in [0.2, 0.25) is 0 Å². The lowest BCUT2D eigenvalue weighted by Gasteiger charge is -2.15. The summed E-state index contributed by atoms with van der Waals surface area (Å²) in [5.41, 5.74) is 3.18. The minimum absolute atomic E-state index is 0.126. The molecule has 192 valence electrons. The summed E-state index contributed by atoms with van der Waals surface area (Å²) < 4.78 is 34.5. The summed E-state index contributed by atoms with van der Waals surface area (Å²) in [7, 11) is 0. The topological polar surface area (TPSA) is 140 Å². The van der Waals surface area contributed by atoms with E-state index in [0.717, 1.165) is 0 Å². The quantitative estimate of drug-likeness (QED) is 0.324. The third kappa shape index (κ3) is 4.72. The van der Waals surface area contributed by atoms with E-state index in [9.17, 15) is 19.1 Å². The predicted octanol–water partition coefficient (Wildman–Crippen LogP) is 4.28. The number of anilines is 2. The highest BCUT2D eigenvalue weighted by molar-refractivity contribution is 5.86. The molecular weight excluding hydrogens is 496 g/mol. The summed E-state index contributed by atoms with van der Waals surface area (Å²) in [6.07, 6.45) is 0.627. The molecular formula is C25H21F2N9O2. The first-order valence-electron chi connectivity index (χ1n) is 11.4. The third-order valence-electron chi connectivity index (χ3n) is 5.72. The zero-order valence-corrected chi connectivity index (χ0v) is 20.5. The van der Waals surface area contributed by atoms with Gasteiger partial charge in [0.05, 0.1) is 28.5 Å². The molecule has 0 saturated carbocycles. The fourth-order valence-electron chi connectivity index (χ4n) is 3.94. The number of benzene rings is 1. The van der Waals surface area contributed by atoms with E-state index in [4.69, 9.17) is 4.74 Å². The molecule has 0 aliphatic rings. The summed E-state index contributed by atoms with van der Waals surface area (Å²) in [4.78, 5) is 9.10. The largest absolute Gasteiger partial charge is 0.433 e. The Labute approximate surface area is 215 Å². The molecule has 0 unspecified atom stereocenters. The van der Waals surface area contributed by atoms with Crippen LogP contribution in [-0.4, -0.2) is 46.2 Å². The first-order valence-corrected chi connectivity index (χ1v) is 11.4. The molecule has 4 aromatic heterocycles. The van der Waals surface area contributed by atoms with Crippen LogP contribution in [0.5, 0.6) is 5.75 Å². The number of aromatic nitrogens is 7. The maximum absolute atomic E-state index is 13.3. The lowest BCUT2D eigenvalue weighted by Crippen LogP contribution is -2.11. The van der Waals surface area contributed by atoms with Gasteiger partial charge in [0.15, 0.2) is 23.1 Å². The number of hydrogen-bond acceptors (Lipinski definition) is 9. The maximum atomic E-state index is 13.3. The van der Waals surface area contributed by atoms with E-state index in [1.54, 1.807) is 61.7 Å². The van der Waals surface area contributed by atoms with Crippen LogP contribution in [-0.2, 0) is 0 Å². The Morgan fingerprint density at radius 1 is 1.11 bits per heavy atom. The highest BCUT2D eigenvalue weighted by atomic mass is 19.3. The Morgan fingerprint density at radius 3 is 2.58 bits per heavy atom. The van der Waals surface area contributed by atoms with Crippen molar-refractivity contribution in [1.29, 1.82) is 5.26 Å². The zero-order chi connectivity index (χ0) is 27.0. The summed E-state index contributed by atoms with van der Waals surface area (Å²) >= 11 is 0. The van der Waals surface area contributed by atoms with Crippen molar-refractivity contribution < 1.29 is 18.6 Å². The predicted molar refractivity (Wildman–Crippen MR) is 133 cm³/mol. The number of imidazole rings is 1. The first-order chi connectivity index (χ1) is 18.2. The van der Waals surface area contributed by atoms with Gasteiger partial charge in [-0.3, -0.25) is 4.57 Å². The molecule has 0 fully saturated rings. The van der Waals surface area contributed by atoms with Gasteiger partial charge in [-0.15, -0.1) is 5.10 Å². The highest BCUT2D eigenvalue weighted by Gasteiger charge is 2.19. The number of ether oxygens (including phenoxy) is 1. The van der Waals surface area contributed by atoms with Gasteiger partial charge in [0.2, 0.25) is 0 Å². The number of rotatable bonds is 7. The van der Waals surface area contributed by atoms with E-state index in [2.05, 4.69) is 30.6 Å². The van der Waals surface area contributed by atoms with Gasteiger partial charge in [0.1, 0.15) is 18.2 Å². The van der Waals surface area contributed by atoms with Crippen LogP contribution in [0.4, 0.5) is 20.3 Å². The SMILES string of the molecule is Cc1ccc(Nc2cc3ncn(-c4ccc([C@@H](C)O)c(-n5nc(C#N)cc5C)n4)c3cc2OC(F)F)nn1. The van der Waals surface area contributed by atoms with Crippen LogP contribution in [0.1, 0.15) is 35.7 Å². The van der Waals surface area contributed by atoms with Gasteiger partial charge in [-0.05, 0) is 57.2 Å². The van der Waals surface area contributed by atoms with Crippen LogP contribution in [0.3, 0.4) is 0 Å². The molecule has 1 atom stereocenters. The summed E-state index contributed by atoms with van der Waals surface area (Å²) in [6.45, 7) is 2.07. The summed E-state index contributed by atoms with van der Waals surface area (Å²) in [6, 6.07) is 13.3. The van der Waals surface area contributed by atoms with E-state index in [0.29, 0.717) is 45.4 Å². The van der Waals surface area contributed by atoms with Crippen molar-refractivity contribution in [3.63, 3.8) is 0 Å². The Bertz CT molecular complexity index is 1670. The van der Waals surface area contributed by atoms with Crippen LogP contribution in [0.25, 0.3) is 22.7 Å². The molecule has 5 aromatic rings. The van der Waals surface area contributed by atoms with E-state index in [1.165, 1.54) is 17.1 Å². The number of alkyl halides is 2. The van der Waals surface area contributed by atoms with E-state index in [1.807, 2.05) is 6.07 Å². The lowest BCUT2D eigenvalue weighted by atomic mass is 10.1. The molecule has 38 heavy (non-hydrogen) atoms. The Kier molecular flexibility index (Phi) is 6.39. The lowest BCUT2D eigenvalue weighted by molar-refractivity contribution is -0.0492. The number of fused-ring (bicyclic) bond motifs is 1. The summed E-state index contributed by atoms with van der Waals surface area (Å²) in [5, 5.41) is 34.8. The second-order valence-corrected chi connectivity index (χ2v) is 8.47.